The summed E-state index contributed by atoms with van der Waals surface area (Å²) in [5.74, 6) is -4.78. The first-order chi connectivity index (χ1) is 9.45. The van der Waals surface area contributed by atoms with Crippen molar-refractivity contribution in [2.75, 3.05) is 7.11 Å². The van der Waals surface area contributed by atoms with Crippen LogP contribution >= 0.6 is 0 Å². The molecule has 1 N–H and O–H groups in total. The van der Waals surface area contributed by atoms with E-state index in [9.17, 15) is 18.0 Å². The standard InChI is InChI=1S/C12H9F3N2O3/c1-20-5-10-7(12(18)19)4-16-17(10)11-8(14)2-6(13)3-9(11)15/h2-4H,5H2,1H3,(H,18,19). The van der Waals surface area contributed by atoms with Crippen molar-refractivity contribution < 1.29 is 27.8 Å². The predicted octanol–water partition coefficient (Wildman–Crippen LogP) is 2.13. The third-order valence-electron chi connectivity index (χ3n) is 2.57. The van der Waals surface area contributed by atoms with Gasteiger partial charge in [-0.15, -0.1) is 0 Å². The van der Waals surface area contributed by atoms with Gasteiger partial charge < -0.3 is 9.84 Å². The Labute approximate surface area is 111 Å². The summed E-state index contributed by atoms with van der Waals surface area (Å²) in [6, 6.07) is 0.967. The Kier molecular flexibility index (Phi) is 3.75. The third kappa shape index (κ3) is 2.37. The number of methoxy groups -OCH3 is 1. The maximum Gasteiger partial charge on any atom is 0.339 e. The fraction of sp³-hybridized carbons (Fsp3) is 0.167. The Morgan fingerprint density at radius 3 is 2.45 bits per heavy atom. The fourth-order valence-corrected chi connectivity index (χ4v) is 1.76. The van der Waals surface area contributed by atoms with E-state index in [0.29, 0.717) is 12.1 Å². The van der Waals surface area contributed by atoms with Gasteiger partial charge in [-0.2, -0.15) is 5.10 Å². The summed E-state index contributed by atoms with van der Waals surface area (Å²) in [6.45, 7) is -0.224. The van der Waals surface area contributed by atoms with Crippen molar-refractivity contribution in [3.8, 4) is 5.69 Å². The van der Waals surface area contributed by atoms with Gasteiger partial charge in [-0.25, -0.2) is 22.6 Å². The lowest BCUT2D eigenvalue weighted by atomic mass is 10.2. The Hall–Kier alpha value is -2.35. The molecule has 0 fully saturated rings. The number of hydrogen-bond acceptors (Lipinski definition) is 3. The molecular formula is C12H9F3N2O3. The van der Waals surface area contributed by atoms with Crippen LogP contribution in [0.2, 0.25) is 0 Å². The van der Waals surface area contributed by atoms with Gasteiger partial charge in [0, 0.05) is 19.2 Å². The van der Waals surface area contributed by atoms with Crippen LogP contribution in [0, 0.1) is 17.5 Å². The van der Waals surface area contributed by atoms with Crippen molar-refractivity contribution in [2.24, 2.45) is 0 Å². The molecular weight excluding hydrogens is 277 g/mol. The molecule has 1 aromatic heterocycles. The summed E-state index contributed by atoms with van der Waals surface area (Å²) < 4.78 is 45.8. The van der Waals surface area contributed by atoms with E-state index in [1.165, 1.54) is 7.11 Å². The van der Waals surface area contributed by atoms with Crippen molar-refractivity contribution in [3.05, 3.63) is 47.0 Å². The van der Waals surface area contributed by atoms with Gasteiger partial charge in [0.15, 0.2) is 11.6 Å². The molecule has 0 bridgehead atoms. The first kappa shape index (κ1) is 14.1. The number of carboxylic acid groups (broad SMARTS) is 1. The van der Waals surface area contributed by atoms with E-state index in [1.807, 2.05) is 0 Å². The molecule has 0 radical (unpaired) electrons. The maximum atomic E-state index is 13.7. The number of aromatic nitrogens is 2. The molecule has 0 aliphatic heterocycles. The molecule has 0 unspecified atom stereocenters. The van der Waals surface area contributed by atoms with Crippen LogP contribution in [-0.4, -0.2) is 28.0 Å². The minimum Gasteiger partial charge on any atom is -0.478 e. The minimum atomic E-state index is -1.31. The van der Waals surface area contributed by atoms with Crippen LogP contribution in [0.15, 0.2) is 18.3 Å². The number of ether oxygens (including phenoxy) is 1. The zero-order chi connectivity index (χ0) is 14.9. The average molecular weight is 286 g/mol. The molecule has 5 nitrogen and oxygen atoms in total. The Balaban J connectivity index is 2.67. The fourth-order valence-electron chi connectivity index (χ4n) is 1.76. The van der Waals surface area contributed by atoms with Crippen LogP contribution in [0.25, 0.3) is 5.69 Å². The molecule has 0 aliphatic carbocycles. The van der Waals surface area contributed by atoms with Crippen LogP contribution in [0.4, 0.5) is 13.2 Å². The molecule has 0 spiro atoms. The van der Waals surface area contributed by atoms with Gasteiger partial charge in [-0.1, -0.05) is 0 Å². The highest BCUT2D eigenvalue weighted by Crippen LogP contribution is 2.22. The number of carboxylic acids is 1. The first-order valence-corrected chi connectivity index (χ1v) is 5.39. The van der Waals surface area contributed by atoms with Crippen molar-refractivity contribution >= 4 is 5.97 Å². The molecule has 0 aliphatic rings. The lowest BCUT2D eigenvalue weighted by molar-refractivity contribution is 0.0691. The predicted molar refractivity (Wildman–Crippen MR) is 61.1 cm³/mol. The Morgan fingerprint density at radius 2 is 1.95 bits per heavy atom. The molecule has 0 saturated carbocycles. The van der Waals surface area contributed by atoms with E-state index in [1.54, 1.807) is 0 Å². The quantitative estimate of drug-likeness (QED) is 0.935. The number of halogens is 3. The van der Waals surface area contributed by atoms with Gasteiger partial charge in [0.25, 0.3) is 0 Å². The largest absolute Gasteiger partial charge is 0.478 e. The molecule has 8 heteroatoms. The number of aromatic carboxylic acids is 1. The summed E-state index contributed by atoms with van der Waals surface area (Å²) in [4.78, 5) is 11.0. The van der Waals surface area contributed by atoms with Crippen molar-refractivity contribution in [2.45, 2.75) is 6.61 Å². The number of nitrogens with zero attached hydrogens (tertiary/aromatic N) is 2. The van der Waals surface area contributed by atoms with Gasteiger partial charge >= 0.3 is 5.97 Å². The summed E-state index contributed by atoms with van der Waals surface area (Å²) in [5.41, 5.74) is -0.967. The van der Waals surface area contributed by atoms with Gasteiger partial charge in [0.1, 0.15) is 17.1 Å². The molecule has 106 valence electrons. The minimum absolute atomic E-state index is 0.0515. The third-order valence-corrected chi connectivity index (χ3v) is 2.57. The van der Waals surface area contributed by atoms with Crippen LogP contribution in [0.3, 0.4) is 0 Å². The van der Waals surface area contributed by atoms with Crippen molar-refractivity contribution in [1.82, 2.24) is 9.78 Å². The van der Waals surface area contributed by atoms with E-state index in [4.69, 9.17) is 9.84 Å². The Morgan fingerprint density at radius 1 is 1.35 bits per heavy atom. The van der Waals surface area contributed by atoms with E-state index >= 15 is 0 Å². The molecule has 1 aromatic carbocycles. The number of carbonyl (C=O) groups is 1. The summed E-state index contributed by atoms with van der Waals surface area (Å²) >= 11 is 0. The molecule has 1 heterocycles. The number of hydrogen-bond donors (Lipinski definition) is 1. The second-order valence-electron chi connectivity index (χ2n) is 3.87. The zero-order valence-corrected chi connectivity index (χ0v) is 10.2. The summed E-state index contributed by atoms with van der Waals surface area (Å²) in [6.07, 6.45) is 0.943. The second kappa shape index (κ2) is 5.33. The van der Waals surface area contributed by atoms with Crippen LogP contribution in [-0.2, 0) is 11.3 Å². The highest BCUT2D eigenvalue weighted by atomic mass is 19.1. The summed E-state index contributed by atoms with van der Waals surface area (Å²) in [5, 5.41) is 12.6. The monoisotopic (exact) mass is 286 g/mol. The topological polar surface area (TPSA) is 64.3 Å². The Bertz CT molecular complexity index is 647. The van der Waals surface area contributed by atoms with Gasteiger partial charge in [-0.05, 0) is 0 Å². The molecule has 0 amide bonds. The number of rotatable bonds is 4. The normalized spacial score (nSPS) is 10.8. The zero-order valence-electron chi connectivity index (χ0n) is 10.2. The molecule has 20 heavy (non-hydrogen) atoms. The highest BCUT2D eigenvalue weighted by Gasteiger charge is 2.22. The van der Waals surface area contributed by atoms with E-state index < -0.39 is 29.1 Å². The molecule has 2 aromatic rings. The average Bonchev–Trinajstić information content (AvgIpc) is 2.72. The van der Waals surface area contributed by atoms with Crippen molar-refractivity contribution in [3.63, 3.8) is 0 Å². The second-order valence-corrected chi connectivity index (χ2v) is 3.87. The van der Waals surface area contributed by atoms with E-state index in [-0.39, 0.29) is 17.9 Å². The molecule has 2 rings (SSSR count). The van der Waals surface area contributed by atoms with E-state index in [0.717, 1.165) is 10.9 Å². The van der Waals surface area contributed by atoms with E-state index in [2.05, 4.69) is 5.10 Å². The van der Waals surface area contributed by atoms with Gasteiger partial charge in [0.2, 0.25) is 0 Å². The lowest BCUT2D eigenvalue weighted by Crippen LogP contribution is -2.11. The molecule has 0 saturated heterocycles. The van der Waals surface area contributed by atoms with Crippen LogP contribution in [0.5, 0.6) is 0 Å². The first-order valence-electron chi connectivity index (χ1n) is 5.39. The van der Waals surface area contributed by atoms with Crippen molar-refractivity contribution in [1.29, 1.82) is 0 Å². The lowest BCUT2D eigenvalue weighted by Gasteiger charge is -2.10. The highest BCUT2D eigenvalue weighted by molar-refractivity contribution is 5.88. The smallest absolute Gasteiger partial charge is 0.339 e. The van der Waals surface area contributed by atoms with Gasteiger partial charge in [0.05, 0.1) is 18.5 Å². The molecule has 0 atom stereocenters. The SMILES string of the molecule is COCc1c(C(=O)O)cnn1-c1c(F)cc(F)cc1F. The summed E-state index contributed by atoms with van der Waals surface area (Å²) in [7, 11) is 1.29. The van der Waals surface area contributed by atoms with Gasteiger partial charge in [-0.3, -0.25) is 0 Å². The number of benzene rings is 1. The van der Waals surface area contributed by atoms with Crippen LogP contribution < -0.4 is 0 Å². The maximum absolute atomic E-state index is 13.7. The van der Waals surface area contributed by atoms with Crippen LogP contribution in [0.1, 0.15) is 16.1 Å².